The molecule has 94 valence electrons. The van der Waals surface area contributed by atoms with Crippen molar-refractivity contribution in [3.8, 4) is 5.75 Å². The summed E-state index contributed by atoms with van der Waals surface area (Å²) in [4.78, 5) is 0. The number of rotatable bonds is 3. The van der Waals surface area contributed by atoms with Gasteiger partial charge in [-0.25, -0.2) is 0 Å². The third-order valence-corrected chi connectivity index (χ3v) is 3.38. The number of fused-ring (bicyclic) bond motifs is 1. The van der Waals surface area contributed by atoms with Crippen molar-refractivity contribution in [3.05, 3.63) is 28.8 Å². The Morgan fingerprint density at radius 1 is 1.59 bits per heavy atom. The largest absolute Gasteiger partial charge is 0.487 e. The van der Waals surface area contributed by atoms with Crippen LogP contribution in [0.3, 0.4) is 0 Å². The summed E-state index contributed by atoms with van der Waals surface area (Å²) >= 11 is 5.91. The van der Waals surface area contributed by atoms with E-state index in [9.17, 15) is 5.11 Å². The molecule has 0 aromatic heterocycles. The van der Waals surface area contributed by atoms with Gasteiger partial charge in [0.05, 0.1) is 6.10 Å². The molecule has 4 heteroatoms. The first-order valence-corrected chi connectivity index (χ1v) is 6.07. The van der Waals surface area contributed by atoms with Crippen LogP contribution in [-0.2, 0) is 4.74 Å². The van der Waals surface area contributed by atoms with E-state index in [2.05, 4.69) is 0 Å². The summed E-state index contributed by atoms with van der Waals surface area (Å²) in [5, 5.41) is 10.8. The molecule has 2 rings (SSSR count). The Bertz CT molecular complexity index is 408. The molecule has 1 unspecified atom stereocenters. The zero-order valence-electron chi connectivity index (χ0n) is 10.1. The van der Waals surface area contributed by atoms with Gasteiger partial charge >= 0.3 is 0 Å². The van der Waals surface area contributed by atoms with E-state index in [0.717, 1.165) is 12.0 Å². The van der Waals surface area contributed by atoms with E-state index in [1.165, 1.54) is 0 Å². The van der Waals surface area contributed by atoms with Gasteiger partial charge in [0.2, 0.25) is 0 Å². The maximum absolute atomic E-state index is 10.1. The normalized spacial score (nSPS) is 27.4. The van der Waals surface area contributed by atoms with E-state index in [1.807, 2.05) is 13.0 Å². The highest BCUT2D eigenvalue weighted by Crippen LogP contribution is 2.41. The molecule has 0 saturated heterocycles. The molecular formula is C13H17ClO3. The minimum Gasteiger partial charge on any atom is -0.487 e. The van der Waals surface area contributed by atoms with Crippen LogP contribution < -0.4 is 4.74 Å². The summed E-state index contributed by atoms with van der Waals surface area (Å²) in [6.45, 7) is 2.61. The first kappa shape index (κ1) is 12.7. The van der Waals surface area contributed by atoms with Crippen LogP contribution in [0.5, 0.6) is 5.75 Å². The average molecular weight is 257 g/mol. The molecule has 1 heterocycles. The third-order valence-electron chi connectivity index (χ3n) is 3.15. The summed E-state index contributed by atoms with van der Waals surface area (Å²) in [6, 6.07) is 5.34. The van der Waals surface area contributed by atoms with Crippen molar-refractivity contribution in [3.63, 3.8) is 0 Å². The molecule has 0 bridgehead atoms. The van der Waals surface area contributed by atoms with Crippen molar-refractivity contribution >= 4 is 11.6 Å². The van der Waals surface area contributed by atoms with Crippen LogP contribution in [-0.4, -0.2) is 24.4 Å². The van der Waals surface area contributed by atoms with Crippen LogP contribution in [0.25, 0.3) is 0 Å². The predicted molar refractivity (Wildman–Crippen MR) is 66.6 cm³/mol. The molecule has 3 nitrogen and oxygen atoms in total. The molecule has 0 radical (unpaired) electrons. The Kier molecular flexibility index (Phi) is 3.61. The van der Waals surface area contributed by atoms with Crippen LogP contribution >= 0.6 is 11.6 Å². The summed E-state index contributed by atoms with van der Waals surface area (Å²) in [5.74, 6) is 0.715. The van der Waals surface area contributed by atoms with E-state index in [4.69, 9.17) is 21.1 Å². The zero-order valence-corrected chi connectivity index (χ0v) is 10.8. The topological polar surface area (TPSA) is 38.7 Å². The molecule has 0 amide bonds. The SMILES string of the molecule is COCCC1(C)C[C@@H](O)c2cc(Cl)ccc2O1. The fourth-order valence-corrected chi connectivity index (χ4v) is 2.35. The highest BCUT2D eigenvalue weighted by Gasteiger charge is 2.36. The number of methoxy groups -OCH3 is 1. The van der Waals surface area contributed by atoms with Crippen LogP contribution in [0.4, 0.5) is 0 Å². The summed E-state index contributed by atoms with van der Waals surface area (Å²) in [6.07, 6.45) is 0.783. The lowest BCUT2D eigenvalue weighted by molar-refractivity contribution is -0.0202. The molecule has 1 aromatic carbocycles. The second-order valence-corrected chi connectivity index (χ2v) is 5.13. The predicted octanol–water partition coefficient (Wildman–Crippen LogP) is 2.95. The highest BCUT2D eigenvalue weighted by molar-refractivity contribution is 6.30. The standard InChI is InChI=1S/C13H17ClO3/c1-13(5-6-16-2)8-11(15)10-7-9(14)3-4-12(10)17-13/h3-4,7,11,15H,5-6,8H2,1-2H3/t11-,13?/m1/s1. The minimum atomic E-state index is -0.528. The number of hydrogen-bond donors (Lipinski definition) is 1. The Hall–Kier alpha value is -0.770. The highest BCUT2D eigenvalue weighted by atomic mass is 35.5. The third kappa shape index (κ3) is 2.73. The van der Waals surface area contributed by atoms with Gasteiger partial charge < -0.3 is 14.6 Å². The molecule has 17 heavy (non-hydrogen) atoms. The molecule has 0 aliphatic carbocycles. The molecule has 0 fully saturated rings. The van der Waals surface area contributed by atoms with Gasteiger partial charge in [-0.2, -0.15) is 0 Å². The molecule has 1 aliphatic rings. The summed E-state index contributed by atoms with van der Waals surface area (Å²) in [7, 11) is 1.66. The van der Waals surface area contributed by atoms with E-state index in [1.54, 1.807) is 19.2 Å². The molecule has 2 atom stereocenters. The van der Waals surface area contributed by atoms with Crippen molar-refractivity contribution < 1.29 is 14.6 Å². The first-order chi connectivity index (χ1) is 8.04. The Balaban J connectivity index is 2.23. The van der Waals surface area contributed by atoms with Gasteiger partial charge in [0, 0.05) is 37.1 Å². The lowest BCUT2D eigenvalue weighted by Gasteiger charge is -2.38. The van der Waals surface area contributed by atoms with Crippen LogP contribution in [0.1, 0.15) is 31.4 Å². The van der Waals surface area contributed by atoms with Gasteiger partial charge in [-0.05, 0) is 25.1 Å². The molecule has 1 aliphatic heterocycles. The van der Waals surface area contributed by atoms with Crippen molar-refractivity contribution in [2.45, 2.75) is 31.5 Å². The fourth-order valence-electron chi connectivity index (χ4n) is 2.17. The second-order valence-electron chi connectivity index (χ2n) is 4.70. The minimum absolute atomic E-state index is 0.379. The fraction of sp³-hybridized carbons (Fsp3) is 0.538. The van der Waals surface area contributed by atoms with Crippen LogP contribution in [0.2, 0.25) is 5.02 Å². The number of hydrogen-bond acceptors (Lipinski definition) is 3. The second kappa shape index (κ2) is 4.84. The van der Waals surface area contributed by atoms with Crippen molar-refractivity contribution in [2.75, 3.05) is 13.7 Å². The number of aliphatic hydroxyl groups excluding tert-OH is 1. The molecule has 0 spiro atoms. The van der Waals surface area contributed by atoms with Gasteiger partial charge in [-0.15, -0.1) is 0 Å². The van der Waals surface area contributed by atoms with Gasteiger partial charge in [-0.1, -0.05) is 11.6 Å². The maximum atomic E-state index is 10.1. The smallest absolute Gasteiger partial charge is 0.126 e. The lowest BCUT2D eigenvalue weighted by atomic mass is 9.88. The maximum Gasteiger partial charge on any atom is 0.126 e. The average Bonchev–Trinajstić information content (AvgIpc) is 2.28. The van der Waals surface area contributed by atoms with E-state index >= 15 is 0 Å². The lowest BCUT2D eigenvalue weighted by Crippen LogP contribution is -2.39. The van der Waals surface area contributed by atoms with Gasteiger partial charge in [0.1, 0.15) is 11.4 Å². The van der Waals surface area contributed by atoms with E-state index in [0.29, 0.717) is 23.8 Å². The Morgan fingerprint density at radius 2 is 2.35 bits per heavy atom. The summed E-state index contributed by atoms with van der Waals surface area (Å²) < 4.78 is 11.0. The van der Waals surface area contributed by atoms with Crippen molar-refractivity contribution in [1.82, 2.24) is 0 Å². The quantitative estimate of drug-likeness (QED) is 0.904. The first-order valence-electron chi connectivity index (χ1n) is 5.69. The van der Waals surface area contributed by atoms with Crippen LogP contribution in [0, 0.1) is 0 Å². The molecule has 0 saturated carbocycles. The molecule has 1 N–H and O–H groups in total. The number of aliphatic hydroxyl groups is 1. The van der Waals surface area contributed by atoms with Gasteiger partial charge in [0.25, 0.3) is 0 Å². The van der Waals surface area contributed by atoms with Crippen molar-refractivity contribution in [2.24, 2.45) is 0 Å². The molecular weight excluding hydrogens is 240 g/mol. The Morgan fingerprint density at radius 3 is 3.06 bits per heavy atom. The Labute approximate surface area is 106 Å². The van der Waals surface area contributed by atoms with E-state index < -0.39 is 6.10 Å². The molecule has 1 aromatic rings. The number of benzene rings is 1. The monoisotopic (exact) mass is 256 g/mol. The van der Waals surface area contributed by atoms with Gasteiger partial charge in [-0.3, -0.25) is 0 Å². The number of ether oxygens (including phenoxy) is 2. The summed E-state index contributed by atoms with van der Waals surface area (Å²) in [5.41, 5.74) is 0.392. The van der Waals surface area contributed by atoms with E-state index in [-0.39, 0.29) is 5.60 Å². The van der Waals surface area contributed by atoms with Gasteiger partial charge in [0.15, 0.2) is 0 Å². The van der Waals surface area contributed by atoms with Crippen LogP contribution in [0.15, 0.2) is 18.2 Å². The number of halogens is 1. The van der Waals surface area contributed by atoms with Crippen molar-refractivity contribution in [1.29, 1.82) is 0 Å². The zero-order chi connectivity index (χ0) is 12.5.